The minimum atomic E-state index is -0.0763. The normalized spacial score (nSPS) is 11.0. The van der Waals surface area contributed by atoms with Gasteiger partial charge in [-0.05, 0) is 38.5 Å². The number of amides is 2. The Morgan fingerprint density at radius 1 is 1.32 bits per heavy atom. The van der Waals surface area contributed by atoms with E-state index in [9.17, 15) is 4.79 Å². The molecule has 3 rings (SSSR count). The van der Waals surface area contributed by atoms with Crippen LogP contribution in [0.5, 0.6) is 0 Å². The Labute approximate surface area is 151 Å². The summed E-state index contributed by atoms with van der Waals surface area (Å²) < 4.78 is 3.13. The second kappa shape index (κ2) is 7.65. The van der Waals surface area contributed by atoms with E-state index in [0.717, 1.165) is 39.6 Å². The predicted molar refractivity (Wildman–Crippen MR) is 101 cm³/mol. The Hall–Kier alpha value is -2.41. The number of urea groups is 1. The lowest BCUT2D eigenvalue weighted by atomic mass is 10.3. The molecule has 0 radical (unpaired) electrons. The van der Waals surface area contributed by atoms with Crippen molar-refractivity contribution in [2.75, 3.05) is 13.6 Å². The lowest BCUT2D eigenvalue weighted by Gasteiger charge is -2.16. The molecule has 2 heterocycles. The zero-order valence-electron chi connectivity index (χ0n) is 14.8. The minimum Gasteiger partial charge on any atom is -0.338 e. The first-order valence-electron chi connectivity index (χ1n) is 8.37. The molecule has 2 amide bonds. The summed E-state index contributed by atoms with van der Waals surface area (Å²) in [6.07, 6.45) is 0.850. The zero-order chi connectivity index (χ0) is 17.8. The van der Waals surface area contributed by atoms with Gasteiger partial charge in [0.25, 0.3) is 0 Å². The molecule has 0 fully saturated rings. The summed E-state index contributed by atoms with van der Waals surface area (Å²) in [5.74, 6) is 0. The van der Waals surface area contributed by atoms with Crippen molar-refractivity contribution in [1.29, 1.82) is 0 Å². The first kappa shape index (κ1) is 17.4. The highest BCUT2D eigenvalue weighted by atomic mass is 32.1. The van der Waals surface area contributed by atoms with Crippen molar-refractivity contribution < 1.29 is 4.79 Å². The van der Waals surface area contributed by atoms with Gasteiger partial charge in [0.2, 0.25) is 0 Å². The molecule has 3 aromatic rings. The van der Waals surface area contributed by atoms with Gasteiger partial charge in [0.05, 0.1) is 22.5 Å². The fourth-order valence-electron chi connectivity index (χ4n) is 2.72. The summed E-state index contributed by atoms with van der Waals surface area (Å²) in [5, 5.41) is 8.33. The van der Waals surface area contributed by atoms with E-state index in [0.29, 0.717) is 13.1 Å². The first-order valence-corrected chi connectivity index (χ1v) is 9.19. The van der Waals surface area contributed by atoms with E-state index in [1.165, 1.54) is 0 Å². The van der Waals surface area contributed by atoms with Crippen LogP contribution in [-0.4, -0.2) is 39.3 Å². The van der Waals surface area contributed by atoms with Crippen molar-refractivity contribution in [3.05, 3.63) is 46.7 Å². The van der Waals surface area contributed by atoms with E-state index in [1.54, 1.807) is 23.3 Å². The molecule has 0 spiro atoms. The molecule has 6 nitrogen and oxygen atoms in total. The fraction of sp³-hybridized carbons (Fsp3) is 0.389. The fourth-order valence-corrected chi connectivity index (χ4v) is 3.74. The number of carbonyl (C=O) groups excluding carboxylic acids is 1. The van der Waals surface area contributed by atoms with Crippen LogP contribution in [0.3, 0.4) is 0 Å². The van der Waals surface area contributed by atoms with E-state index < -0.39 is 0 Å². The number of rotatable bonds is 6. The third kappa shape index (κ3) is 4.36. The third-order valence-corrected chi connectivity index (χ3v) is 5.00. The van der Waals surface area contributed by atoms with Gasteiger partial charge in [-0.3, -0.25) is 4.68 Å². The second-order valence-electron chi connectivity index (χ2n) is 6.17. The Balaban J connectivity index is 1.45. The molecule has 1 N–H and O–H groups in total. The van der Waals surface area contributed by atoms with Crippen molar-refractivity contribution in [1.82, 2.24) is 25.0 Å². The standard InChI is InChI=1S/C18H23N5OS/c1-13-11-14(2)23(21-13)10-6-9-19-18(24)22(3)12-17-20-15-7-4-5-8-16(15)25-17/h4-5,7-8,11H,6,9-10,12H2,1-3H3,(H,19,24). The molecule has 132 valence electrons. The highest BCUT2D eigenvalue weighted by Crippen LogP contribution is 2.22. The quantitative estimate of drug-likeness (QED) is 0.688. The molecule has 0 saturated heterocycles. The van der Waals surface area contributed by atoms with Gasteiger partial charge in [0.1, 0.15) is 5.01 Å². The number of hydrogen-bond acceptors (Lipinski definition) is 4. The topological polar surface area (TPSA) is 63.1 Å². The Bertz CT molecular complexity index is 836. The molecule has 25 heavy (non-hydrogen) atoms. The maximum atomic E-state index is 12.2. The first-order chi connectivity index (χ1) is 12.0. The molecule has 0 saturated carbocycles. The number of nitrogens with one attached hydrogen (secondary N) is 1. The molecular formula is C18H23N5OS. The maximum Gasteiger partial charge on any atom is 0.317 e. The van der Waals surface area contributed by atoms with Gasteiger partial charge in [-0.25, -0.2) is 9.78 Å². The number of para-hydroxylation sites is 1. The van der Waals surface area contributed by atoms with Crippen LogP contribution >= 0.6 is 11.3 Å². The molecular weight excluding hydrogens is 334 g/mol. The molecule has 0 unspecified atom stereocenters. The smallest absolute Gasteiger partial charge is 0.317 e. The molecule has 0 aliphatic heterocycles. The van der Waals surface area contributed by atoms with Gasteiger partial charge >= 0.3 is 6.03 Å². The highest BCUT2D eigenvalue weighted by Gasteiger charge is 2.11. The molecule has 0 aliphatic rings. The van der Waals surface area contributed by atoms with E-state index in [1.807, 2.05) is 36.7 Å². The number of hydrogen-bond donors (Lipinski definition) is 1. The van der Waals surface area contributed by atoms with Crippen LogP contribution in [-0.2, 0) is 13.1 Å². The van der Waals surface area contributed by atoms with E-state index in [2.05, 4.69) is 27.5 Å². The van der Waals surface area contributed by atoms with Crippen molar-refractivity contribution in [3.8, 4) is 0 Å². The second-order valence-corrected chi connectivity index (χ2v) is 7.28. The zero-order valence-corrected chi connectivity index (χ0v) is 15.6. The van der Waals surface area contributed by atoms with Crippen LogP contribution < -0.4 is 5.32 Å². The summed E-state index contributed by atoms with van der Waals surface area (Å²) in [5.41, 5.74) is 3.16. The van der Waals surface area contributed by atoms with Crippen LogP contribution in [0.15, 0.2) is 30.3 Å². The van der Waals surface area contributed by atoms with E-state index in [-0.39, 0.29) is 6.03 Å². The molecule has 0 atom stereocenters. The van der Waals surface area contributed by atoms with Crippen LogP contribution in [0.25, 0.3) is 10.2 Å². The van der Waals surface area contributed by atoms with Gasteiger partial charge in [-0.2, -0.15) is 5.10 Å². The number of thiazole rings is 1. The van der Waals surface area contributed by atoms with Crippen LogP contribution in [0.1, 0.15) is 22.8 Å². The van der Waals surface area contributed by atoms with Crippen LogP contribution in [0.2, 0.25) is 0 Å². The number of fused-ring (bicyclic) bond motifs is 1. The van der Waals surface area contributed by atoms with E-state index >= 15 is 0 Å². The van der Waals surface area contributed by atoms with Gasteiger partial charge < -0.3 is 10.2 Å². The van der Waals surface area contributed by atoms with Crippen LogP contribution in [0.4, 0.5) is 4.79 Å². The SMILES string of the molecule is Cc1cc(C)n(CCCNC(=O)N(C)Cc2nc3ccccc3s2)n1. The van der Waals surface area contributed by atoms with Gasteiger partial charge in [0.15, 0.2) is 0 Å². The average molecular weight is 357 g/mol. The average Bonchev–Trinajstić information content (AvgIpc) is 3.13. The maximum absolute atomic E-state index is 12.2. The predicted octanol–water partition coefficient (Wildman–Crippen LogP) is 3.34. The molecule has 7 heteroatoms. The van der Waals surface area contributed by atoms with Crippen LogP contribution in [0, 0.1) is 13.8 Å². The molecule has 0 aliphatic carbocycles. The Morgan fingerprint density at radius 3 is 2.84 bits per heavy atom. The minimum absolute atomic E-state index is 0.0763. The Morgan fingerprint density at radius 2 is 2.12 bits per heavy atom. The third-order valence-electron chi connectivity index (χ3n) is 3.98. The number of carbonyl (C=O) groups is 1. The van der Waals surface area contributed by atoms with Crippen molar-refractivity contribution >= 4 is 27.6 Å². The number of aromatic nitrogens is 3. The Kier molecular flexibility index (Phi) is 5.33. The van der Waals surface area contributed by atoms with Crippen molar-refractivity contribution in [2.24, 2.45) is 0 Å². The monoisotopic (exact) mass is 357 g/mol. The number of aryl methyl sites for hydroxylation is 3. The van der Waals surface area contributed by atoms with E-state index in [4.69, 9.17) is 0 Å². The summed E-state index contributed by atoms with van der Waals surface area (Å²) in [6.45, 7) is 5.98. The summed E-state index contributed by atoms with van der Waals surface area (Å²) in [6, 6.07) is 10.0. The van der Waals surface area contributed by atoms with Gasteiger partial charge in [0, 0.05) is 25.8 Å². The molecule has 2 aromatic heterocycles. The van der Waals surface area contributed by atoms with Crippen molar-refractivity contribution in [3.63, 3.8) is 0 Å². The van der Waals surface area contributed by atoms with Gasteiger partial charge in [-0.1, -0.05) is 12.1 Å². The summed E-state index contributed by atoms with van der Waals surface area (Å²) >= 11 is 1.63. The largest absolute Gasteiger partial charge is 0.338 e. The highest BCUT2D eigenvalue weighted by molar-refractivity contribution is 7.18. The summed E-state index contributed by atoms with van der Waals surface area (Å²) in [4.78, 5) is 18.5. The number of benzene rings is 1. The lowest BCUT2D eigenvalue weighted by molar-refractivity contribution is 0.206. The van der Waals surface area contributed by atoms with Gasteiger partial charge in [-0.15, -0.1) is 11.3 Å². The van der Waals surface area contributed by atoms with Crippen molar-refractivity contribution in [2.45, 2.75) is 33.4 Å². The molecule has 1 aromatic carbocycles. The number of nitrogens with zero attached hydrogens (tertiary/aromatic N) is 4. The lowest BCUT2D eigenvalue weighted by Crippen LogP contribution is -2.37. The molecule has 0 bridgehead atoms. The summed E-state index contributed by atoms with van der Waals surface area (Å²) in [7, 11) is 1.79.